The summed E-state index contributed by atoms with van der Waals surface area (Å²) in [5, 5.41) is 3.11. The molecular weight excluding hydrogens is 266 g/mol. The highest BCUT2D eigenvalue weighted by atomic mass is 16.5. The lowest BCUT2D eigenvalue weighted by atomic mass is 10.1. The first-order chi connectivity index (χ1) is 10.1. The maximum atomic E-state index is 5.87. The van der Waals surface area contributed by atoms with Crippen molar-refractivity contribution in [3.8, 4) is 0 Å². The molecule has 0 amide bonds. The molecule has 1 aromatic carbocycles. The summed E-state index contributed by atoms with van der Waals surface area (Å²) in [5.41, 5.74) is 9.34. The molecular formula is C16H27N3O2. The van der Waals surface area contributed by atoms with Crippen LogP contribution in [-0.4, -0.2) is 39.4 Å². The van der Waals surface area contributed by atoms with Crippen molar-refractivity contribution in [2.45, 2.75) is 26.7 Å². The first-order valence-corrected chi connectivity index (χ1v) is 7.34. The summed E-state index contributed by atoms with van der Waals surface area (Å²) in [5.74, 6) is 0.457. The van der Waals surface area contributed by atoms with Gasteiger partial charge in [0.2, 0.25) is 0 Å². The van der Waals surface area contributed by atoms with Crippen molar-refractivity contribution >= 4 is 11.6 Å². The number of unbranched alkanes of at least 4 members (excludes halogenated alkanes) is 1. The molecule has 0 atom stereocenters. The molecule has 0 heterocycles. The Morgan fingerprint density at radius 1 is 1.14 bits per heavy atom. The highest BCUT2D eigenvalue weighted by molar-refractivity contribution is 5.92. The molecule has 118 valence electrons. The number of hydrogen-bond donors (Lipinski definition) is 2. The molecule has 5 heteroatoms. The van der Waals surface area contributed by atoms with Gasteiger partial charge >= 0.3 is 0 Å². The fourth-order valence-electron chi connectivity index (χ4n) is 1.77. The first-order valence-electron chi connectivity index (χ1n) is 7.34. The third-order valence-corrected chi connectivity index (χ3v) is 3.19. The number of methoxy groups -OCH3 is 1. The molecule has 0 saturated heterocycles. The molecule has 0 saturated carbocycles. The third-order valence-electron chi connectivity index (χ3n) is 3.19. The highest BCUT2D eigenvalue weighted by Crippen LogP contribution is 2.13. The summed E-state index contributed by atoms with van der Waals surface area (Å²) >= 11 is 0. The van der Waals surface area contributed by atoms with Crippen molar-refractivity contribution in [1.29, 1.82) is 0 Å². The van der Waals surface area contributed by atoms with Gasteiger partial charge in [-0.15, -0.1) is 0 Å². The van der Waals surface area contributed by atoms with Gasteiger partial charge in [0.15, 0.2) is 5.96 Å². The molecule has 21 heavy (non-hydrogen) atoms. The van der Waals surface area contributed by atoms with Crippen molar-refractivity contribution in [3.63, 3.8) is 0 Å². The number of nitrogens with two attached hydrogens (primary N) is 1. The highest BCUT2D eigenvalue weighted by Gasteiger charge is 1.98. The van der Waals surface area contributed by atoms with E-state index in [0.717, 1.165) is 25.1 Å². The van der Waals surface area contributed by atoms with E-state index in [1.54, 1.807) is 7.11 Å². The van der Waals surface area contributed by atoms with Gasteiger partial charge in [-0.25, -0.2) is 0 Å². The van der Waals surface area contributed by atoms with Crippen molar-refractivity contribution in [2.24, 2.45) is 10.7 Å². The van der Waals surface area contributed by atoms with Crippen LogP contribution in [0.5, 0.6) is 0 Å². The minimum absolute atomic E-state index is 0.457. The number of nitrogens with zero attached hydrogens (tertiary/aromatic N) is 1. The fourth-order valence-corrected chi connectivity index (χ4v) is 1.77. The van der Waals surface area contributed by atoms with Crippen LogP contribution in [-0.2, 0) is 9.47 Å². The Kier molecular flexibility index (Phi) is 8.47. The normalized spacial score (nSPS) is 11.7. The summed E-state index contributed by atoms with van der Waals surface area (Å²) in [7, 11) is 1.67. The van der Waals surface area contributed by atoms with Crippen LogP contribution >= 0.6 is 0 Å². The predicted molar refractivity (Wildman–Crippen MR) is 88.0 cm³/mol. The Bertz CT molecular complexity index is 447. The Morgan fingerprint density at radius 3 is 2.67 bits per heavy atom. The van der Waals surface area contributed by atoms with Crippen molar-refractivity contribution in [2.75, 3.05) is 38.8 Å². The first kappa shape index (κ1) is 17.5. The maximum absolute atomic E-state index is 5.87. The molecule has 0 spiro atoms. The Labute approximate surface area is 127 Å². The zero-order chi connectivity index (χ0) is 15.5. The lowest BCUT2D eigenvalue weighted by Gasteiger charge is -2.08. The summed E-state index contributed by atoms with van der Waals surface area (Å²) in [4.78, 5) is 4.31. The number of nitrogens with one attached hydrogen (secondary N) is 1. The average molecular weight is 293 g/mol. The number of anilines is 1. The maximum Gasteiger partial charge on any atom is 0.193 e. The van der Waals surface area contributed by atoms with E-state index < -0.39 is 0 Å². The molecule has 5 nitrogen and oxygen atoms in total. The molecule has 0 aliphatic carbocycles. The molecule has 0 aliphatic heterocycles. The van der Waals surface area contributed by atoms with E-state index in [1.807, 2.05) is 6.07 Å². The molecule has 0 unspecified atom stereocenters. The topological polar surface area (TPSA) is 68.9 Å². The number of ether oxygens (including phenoxy) is 2. The zero-order valence-electron chi connectivity index (χ0n) is 13.3. The van der Waals surface area contributed by atoms with Crippen LogP contribution in [0.25, 0.3) is 0 Å². The number of hydrogen-bond acceptors (Lipinski definition) is 3. The quantitative estimate of drug-likeness (QED) is 0.417. The van der Waals surface area contributed by atoms with Gasteiger partial charge in [-0.05, 0) is 49.9 Å². The minimum Gasteiger partial charge on any atom is -0.382 e. The monoisotopic (exact) mass is 293 g/mol. The molecule has 0 radical (unpaired) electrons. The predicted octanol–water partition coefficient (Wildman–Crippen LogP) is 2.47. The lowest BCUT2D eigenvalue weighted by Crippen LogP contribution is -2.23. The average Bonchev–Trinajstić information content (AvgIpc) is 2.46. The van der Waals surface area contributed by atoms with Crippen molar-refractivity contribution in [3.05, 3.63) is 29.3 Å². The minimum atomic E-state index is 0.457. The number of aliphatic imine (C=N–C) groups is 1. The third kappa shape index (κ3) is 7.68. The van der Waals surface area contributed by atoms with Gasteiger partial charge in [-0.3, -0.25) is 4.99 Å². The van der Waals surface area contributed by atoms with Gasteiger partial charge in [-0.2, -0.15) is 0 Å². The van der Waals surface area contributed by atoms with Crippen LogP contribution in [0.15, 0.2) is 23.2 Å². The fraction of sp³-hybridized carbons (Fsp3) is 0.562. The number of guanidine groups is 1. The summed E-state index contributed by atoms with van der Waals surface area (Å²) in [6.07, 6.45) is 1.94. The SMILES string of the molecule is COCCOCCCCN=C(N)Nc1ccc(C)c(C)c1. The lowest BCUT2D eigenvalue weighted by molar-refractivity contribution is 0.0690. The second kappa shape index (κ2) is 10.2. The van der Waals surface area contributed by atoms with Crippen LogP contribution in [0.3, 0.4) is 0 Å². The molecule has 0 aliphatic rings. The molecule has 1 aromatic rings. The smallest absolute Gasteiger partial charge is 0.193 e. The molecule has 0 bridgehead atoms. The van der Waals surface area contributed by atoms with Gasteiger partial charge in [-0.1, -0.05) is 6.07 Å². The van der Waals surface area contributed by atoms with Gasteiger partial charge < -0.3 is 20.5 Å². The van der Waals surface area contributed by atoms with E-state index in [4.69, 9.17) is 15.2 Å². The standard InChI is InChI=1S/C16H27N3O2/c1-13-6-7-15(12-14(13)2)19-16(17)18-8-4-5-9-21-11-10-20-3/h6-7,12H,4-5,8-11H2,1-3H3,(H3,17,18,19). The van der Waals surface area contributed by atoms with E-state index in [0.29, 0.717) is 25.7 Å². The van der Waals surface area contributed by atoms with E-state index in [2.05, 4.69) is 36.3 Å². The Balaban J connectivity index is 2.19. The molecule has 0 aromatic heterocycles. The van der Waals surface area contributed by atoms with E-state index >= 15 is 0 Å². The van der Waals surface area contributed by atoms with E-state index in [-0.39, 0.29) is 0 Å². The summed E-state index contributed by atoms with van der Waals surface area (Å²) < 4.78 is 10.3. The van der Waals surface area contributed by atoms with Crippen molar-refractivity contribution < 1.29 is 9.47 Å². The van der Waals surface area contributed by atoms with Gasteiger partial charge in [0.25, 0.3) is 0 Å². The Morgan fingerprint density at radius 2 is 1.95 bits per heavy atom. The van der Waals surface area contributed by atoms with Crippen LogP contribution in [0.2, 0.25) is 0 Å². The molecule has 0 fully saturated rings. The van der Waals surface area contributed by atoms with Crippen LogP contribution in [0.4, 0.5) is 5.69 Å². The van der Waals surface area contributed by atoms with Crippen molar-refractivity contribution in [1.82, 2.24) is 0 Å². The van der Waals surface area contributed by atoms with Gasteiger partial charge in [0.05, 0.1) is 13.2 Å². The van der Waals surface area contributed by atoms with Crippen LogP contribution in [0.1, 0.15) is 24.0 Å². The van der Waals surface area contributed by atoms with Gasteiger partial charge in [0, 0.05) is 25.9 Å². The van der Waals surface area contributed by atoms with Crippen LogP contribution < -0.4 is 11.1 Å². The summed E-state index contributed by atoms with van der Waals surface area (Å²) in [6, 6.07) is 6.15. The molecule has 3 N–H and O–H groups in total. The second-order valence-corrected chi connectivity index (χ2v) is 5.00. The zero-order valence-corrected chi connectivity index (χ0v) is 13.3. The number of benzene rings is 1. The van der Waals surface area contributed by atoms with E-state index in [1.165, 1.54) is 11.1 Å². The second-order valence-electron chi connectivity index (χ2n) is 5.00. The largest absolute Gasteiger partial charge is 0.382 e. The Hall–Kier alpha value is -1.59. The van der Waals surface area contributed by atoms with Gasteiger partial charge in [0.1, 0.15) is 0 Å². The van der Waals surface area contributed by atoms with E-state index in [9.17, 15) is 0 Å². The number of aryl methyl sites for hydroxylation is 2. The van der Waals surface area contributed by atoms with Crippen LogP contribution in [0, 0.1) is 13.8 Å². The summed E-state index contributed by atoms with van der Waals surface area (Å²) in [6.45, 7) is 6.91. The number of rotatable bonds is 9. The molecule has 1 rings (SSSR count).